The Morgan fingerprint density at radius 3 is 2.63 bits per heavy atom. The van der Waals surface area contributed by atoms with Crippen molar-refractivity contribution in [2.24, 2.45) is 0 Å². The van der Waals surface area contributed by atoms with Gasteiger partial charge >= 0.3 is 0 Å². The molecular formula is C21H24N4O2. The summed E-state index contributed by atoms with van der Waals surface area (Å²) in [7, 11) is 1.65. The number of benzene rings is 2. The Kier molecular flexibility index (Phi) is 5.07. The number of anilines is 1. The average molecular weight is 364 g/mol. The zero-order valence-electron chi connectivity index (χ0n) is 15.8. The highest BCUT2D eigenvalue weighted by Crippen LogP contribution is 2.22. The standard InChI is InChI=1S/C21H24N4O2/c1-16-5-3-7-18(13-16)25-11-9-24(10-12-25)15-20-22-21(23-27-20)17-6-4-8-19(14-17)26-2/h3-8,13-14H,9-12,15H2,1-2H3. The summed E-state index contributed by atoms with van der Waals surface area (Å²) in [6.07, 6.45) is 0. The number of nitrogens with zero attached hydrogens (tertiary/aromatic N) is 4. The maximum Gasteiger partial charge on any atom is 0.241 e. The van der Waals surface area contributed by atoms with Gasteiger partial charge in [-0.05, 0) is 36.8 Å². The van der Waals surface area contributed by atoms with E-state index in [1.807, 2.05) is 24.3 Å². The first-order chi connectivity index (χ1) is 13.2. The molecule has 1 saturated heterocycles. The first kappa shape index (κ1) is 17.5. The molecule has 27 heavy (non-hydrogen) atoms. The number of rotatable bonds is 5. The second kappa shape index (κ2) is 7.80. The van der Waals surface area contributed by atoms with Crippen molar-refractivity contribution >= 4 is 5.69 Å². The van der Waals surface area contributed by atoms with E-state index in [1.165, 1.54) is 11.3 Å². The summed E-state index contributed by atoms with van der Waals surface area (Å²) in [6.45, 7) is 6.77. The first-order valence-corrected chi connectivity index (χ1v) is 9.22. The molecule has 0 amide bonds. The minimum absolute atomic E-state index is 0.599. The average Bonchev–Trinajstić information content (AvgIpc) is 3.17. The minimum Gasteiger partial charge on any atom is -0.497 e. The highest BCUT2D eigenvalue weighted by molar-refractivity contribution is 5.56. The van der Waals surface area contributed by atoms with Crippen molar-refractivity contribution < 1.29 is 9.26 Å². The molecule has 1 aliphatic rings. The summed E-state index contributed by atoms with van der Waals surface area (Å²) < 4.78 is 10.7. The molecule has 1 aromatic heterocycles. The molecule has 0 saturated carbocycles. The van der Waals surface area contributed by atoms with E-state index in [2.05, 4.69) is 51.1 Å². The normalized spacial score (nSPS) is 15.1. The number of hydrogen-bond acceptors (Lipinski definition) is 6. The van der Waals surface area contributed by atoms with Gasteiger partial charge < -0.3 is 14.2 Å². The van der Waals surface area contributed by atoms with Crippen molar-refractivity contribution in [3.8, 4) is 17.1 Å². The molecule has 0 spiro atoms. The van der Waals surface area contributed by atoms with Gasteiger partial charge in [0.1, 0.15) is 5.75 Å². The van der Waals surface area contributed by atoms with Crippen molar-refractivity contribution in [3.05, 3.63) is 60.0 Å². The van der Waals surface area contributed by atoms with E-state index in [1.54, 1.807) is 7.11 Å². The molecule has 2 aromatic carbocycles. The van der Waals surface area contributed by atoms with Crippen molar-refractivity contribution in [1.29, 1.82) is 0 Å². The maximum atomic E-state index is 5.47. The summed E-state index contributed by atoms with van der Waals surface area (Å²) in [6, 6.07) is 16.4. The smallest absolute Gasteiger partial charge is 0.241 e. The van der Waals surface area contributed by atoms with Gasteiger partial charge in [0.2, 0.25) is 11.7 Å². The summed E-state index contributed by atoms with van der Waals surface area (Å²) in [4.78, 5) is 9.34. The van der Waals surface area contributed by atoms with Crippen LogP contribution in [0, 0.1) is 6.92 Å². The maximum absolute atomic E-state index is 5.47. The van der Waals surface area contributed by atoms with Crippen LogP contribution in [0.4, 0.5) is 5.69 Å². The molecule has 2 heterocycles. The minimum atomic E-state index is 0.599. The van der Waals surface area contributed by atoms with Gasteiger partial charge in [0.15, 0.2) is 0 Å². The monoisotopic (exact) mass is 364 g/mol. The van der Waals surface area contributed by atoms with Gasteiger partial charge in [-0.15, -0.1) is 0 Å². The van der Waals surface area contributed by atoms with Gasteiger partial charge in [-0.3, -0.25) is 4.90 Å². The van der Waals surface area contributed by atoms with E-state index in [4.69, 9.17) is 9.26 Å². The number of ether oxygens (including phenoxy) is 1. The Hall–Kier alpha value is -2.86. The van der Waals surface area contributed by atoms with Crippen LogP contribution in [0.15, 0.2) is 53.1 Å². The van der Waals surface area contributed by atoms with E-state index < -0.39 is 0 Å². The lowest BCUT2D eigenvalue weighted by Crippen LogP contribution is -2.46. The van der Waals surface area contributed by atoms with Gasteiger partial charge in [0, 0.05) is 37.4 Å². The molecule has 4 rings (SSSR count). The predicted octanol–water partition coefficient (Wildman–Crippen LogP) is 3.38. The van der Waals surface area contributed by atoms with Crippen LogP contribution in [0.3, 0.4) is 0 Å². The zero-order valence-corrected chi connectivity index (χ0v) is 15.8. The van der Waals surface area contributed by atoms with Crippen LogP contribution in [0.2, 0.25) is 0 Å². The molecule has 0 N–H and O–H groups in total. The van der Waals surface area contributed by atoms with Crippen molar-refractivity contribution in [2.45, 2.75) is 13.5 Å². The Morgan fingerprint density at radius 1 is 1.04 bits per heavy atom. The molecule has 3 aromatic rings. The highest BCUT2D eigenvalue weighted by Gasteiger charge is 2.20. The van der Waals surface area contributed by atoms with E-state index in [9.17, 15) is 0 Å². The van der Waals surface area contributed by atoms with Gasteiger partial charge in [0.05, 0.1) is 13.7 Å². The highest BCUT2D eigenvalue weighted by atomic mass is 16.5. The van der Waals surface area contributed by atoms with Crippen LogP contribution in [0.25, 0.3) is 11.4 Å². The molecule has 0 radical (unpaired) electrons. The van der Waals surface area contributed by atoms with E-state index in [-0.39, 0.29) is 0 Å². The fourth-order valence-electron chi connectivity index (χ4n) is 3.38. The molecule has 1 fully saturated rings. The third-order valence-electron chi connectivity index (χ3n) is 4.89. The van der Waals surface area contributed by atoms with Crippen LogP contribution in [0.5, 0.6) is 5.75 Å². The van der Waals surface area contributed by atoms with Crippen molar-refractivity contribution in [2.75, 3.05) is 38.2 Å². The third kappa shape index (κ3) is 4.11. The van der Waals surface area contributed by atoms with E-state index in [0.29, 0.717) is 18.3 Å². The van der Waals surface area contributed by atoms with Crippen LogP contribution in [-0.2, 0) is 6.54 Å². The number of aromatic nitrogens is 2. The fourth-order valence-corrected chi connectivity index (χ4v) is 3.38. The van der Waals surface area contributed by atoms with Crippen LogP contribution < -0.4 is 9.64 Å². The fraction of sp³-hybridized carbons (Fsp3) is 0.333. The predicted molar refractivity (Wildman–Crippen MR) is 105 cm³/mol. The summed E-state index contributed by atoms with van der Waals surface area (Å²) >= 11 is 0. The quantitative estimate of drug-likeness (QED) is 0.692. The number of methoxy groups -OCH3 is 1. The van der Waals surface area contributed by atoms with Gasteiger partial charge in [-0.2, -0.15) is 4.98 Å². The lowest BCUT2D eigenvalue weighted by atomic mass is 10.2. The second-order valence-corrected chi connectivity index (χ2v) is 6.85. The van der Waals surface area contributed by atoms with Gasteiger partial charge in [0.25, 0.3) is 0 Å². The molecule has 140 valence electrons. The molecular weight excluding hydrogens is 340 g/mol. The lowest BCUT2D eigenvalue weighted by Gasteiger charge is -2.35. The van der Waals surface area contributed by atoms with Crippen molar-refractivity contribution in [3.63, 3.8) is 0 Å². The van der Waals surface area contributed by atoms with Crippen LogP contribution >= 0.6 is 0 Å². The summed E-state index contributed by atoms with van der Waals surface area (Å²) in [5.41, 5.74) is 3.49. The largest absolute Gasteiger partial charge is 0.497 e. The third-order valence-corrected chi connectivity index (χ3v) is 4.89. The topological polar surface area (TPSA) is 54.6 Å². The summed E-state index contributed by atoms with van der Waals surface area (Å²) in [5.74, 6) is 2.03. The Labute approximate surface area is 159 Å². The molecule has 6 nitrogen and oxygen atoms in total. The number of aryl methyl sites for hydroxylation is 1. The molecule has 0 bridgehead atoms. The Balaban J connectivity index is 1.36. The number of hydrogen-bond donors (Lipinski definition) is 0. The zero-order chi connectivity index (χ0) is 18.6. The molecule has 0 atom stereocenters. The molecule has 6 heteroatoms. The van der Waals surface area contributed by atoms with E-state index >= 15 is 0 Å². The SMILES string of the molecule is COc1cccc(-c2noc(CN3CCN(c4cccc(C)c4)CC3)n2)c1. The molecule has 1 aliphatic heterocycles. The molecule has 0 aliphatic carbocycles. The Bertz CT molecular complexity index is 900. The second-order valence-electron chi connectivity index (χ2n) is 6.85. The Morgan fingerprint density at radius 2 is 1.85 bits per heavy atom. The van der Waals surface area contributed by atoms with Gasteiger partial charge in [-0.25, -0.2) is 0 Å². The van der Waals surface area contributed by atoms with Crippen LogP contribution in [0.1, 0.15) is 11.5 Å². The van der Waals surface area contributed by atoms with Crippen molar-refractivity contribution in [1.82, 2.24) is 15.0 Å². The lowest BCUT2D eigenvalue weighted by molar-refractivity contribution is 0.215. The molecule has 0 unspecified atom stereocenters. The van der Waals surface area contributed by atoms with Gasteiger partial charge in [-0.1, -0.05) is 29.4 Å². The number of piperazine rings is 1. The van der Waals surface area contributed by atoms with Crippen LogP contribution in [-0.4, -0.2) is 48.3 Å². The first-order valence-electron chi connectivity index (χ1n) is 9.22. The summed E-state index contributed by atoms with van der Waals surface area (Å²) in [5, 5.41) is 4.12. The van der Waals surface area contributed by atoms with E-state index in [0.717, 1.165) is 37.5 Å².